The second-order valence-electron chi connectivity index (χ2n) is 10.2. The van der Waals surface area contributed by atoms with Crippen molar-refractivity contribution in [3.63, 3.8) is 0 Å². The Morgan fingerprint density at radius 3 is 1.74 bits per heavy atom. The van der Waals surface area contributed by atoms with Crippen LogP contribution < -0.4 is 0 Å². The third-order valence-corrected chi connectivity index (χ3v) is 13.4. The SMILES string of the molecule is COC(=O)C(CN1C(=O)c2ccccc2C1=O)c1ccc(CO[Si](C(C)C)(C(C)C)C(C)C)cc1. The molecule has 1 aliphatic rings. The molecule has 2 aromatic carbocycles. The van der Waals surface area contributed by atoms with Gasteiger partial charge in [-0.05, 0) is 39.9 Å². The number of hydrogen-bond donors (Lipinski definition) is 0. The number of hydrogen-bond acceptors (Lipinski definition) is 5. The van der Waals surface area contributed by atoms with Gasteiger partial charge in [-0.25, -0.2) is 0 Å². The quantitative estimate of drug-likeness (QED) is 0.232. The maximum absolute atomic E-state index is 12.8. The normalized spacial score (nSPS) is 14.7. The summed E-state index contributed by atoms with van der Waals surface area (Å²) in [5.74, 6) is -2.03. The molecule has 1 atom stereocenters. The smallest absolute Gasteiger partial charge is 0.314 e. The molecule has 2 amide bonds. The van der Waals surface area contributed by atoms with Gasteiger partial charge in [-0.1, -0.05) is 77.9 Å². The molecule has 188 valence electrons. The second-order valence-corrected chi connectivity index (χ2v) is 15.7. The Kier molecular flexibility index (Phi) is 8.33. The number of esters is 1. The summed E-state index contributed by atoms with van der Waals surface area (Å²) in [6, 6.07) is 14.3. The maximum atomic E-state index is 12.8. The number of ether oxygens (including phenoxy) is 1. The molecule has 0 saturated heterocycles. The Labute approximate surface area is 209 Å². The van der Waals surface area contributed by atoms with E-state index in [1.165, 1.54) is 7.11 Å². The van der Waals surface area contributed by atoms with Crippen LogP contribution in [-0.2, 0) is 20.6 Å². The minimum atomic E-state index is -2.00. The Balaban J connectivity index is 1.79. The van der Waals surface area contributed by atoms with Gasteiger partial charge in [-0.3, -0.25) is 19.3 Å². The summed E-state index contributed by atoms with van der Waals surface area (Å²) in [6.07, 6.45) is 0. The topological polar surface area (TPSA) is 72.9 Å². The van der Waals surface area contributed by atoms with Crippen LogP contribution in [0.5, 0.6) is 0 Å². The number of carbonyl (C=O) groups excluding carboxylic acids is 3. The fourth-order valence-corrected chi connectivity index (χ4v) is 11.0. The molecule has 0 aliphatic carbocycles. The van der Waals surface area contributed by atoms with Crippen LogP contribution in [0.1, 0.15) is 79.3 Å². The van der Waals surface area contributed by atoms with E-state index in [-0.39, 0.29) is 18.4 Å². The summed E-state index contributed by atoms with van der Waals surface area (Å²) < 4.78 is 11.7. The standard InChI is InChI=1S/C28H37NO5Si/c1-18(2)35(19(3)4,20(5)6)34-17-21-12-14-22(15-13-21)25(28(32)33-7)16-29-26(30)23-10-8-9-11-24(23)27(29)31/h8-15,18-20,25H,16-17H2,1-7H3. The van der Waals surface area contributed by atoms with Crippen molar-refractivity contribution in [2.75, 3.05) is 13.7 Å². The third-order valence-electron chi connectivity index (χ3n) is 7.31. The molecular weight excluding hydrogens is 458 g/mol. The van der Waals surface area contributed by atoms with Gasteiger partial charge in [0.15, 0.2) is 0 Å². The fraction of sp³-hybridized carbons (Fsp3) is 0.464. The van der Waals surface area contributed by atoms with Gasteiger partial charge in [0.1, 0.15) is 0 Å². The van der Waals surface area contributed by atoms with Crippen molar-refractivity contribution in [1.82, 2.24) is 4.90 Å². The number of nitrogens with zero attached hydrogens (tertiary/aromatic N) is 1. The molecule has 1 heterocycles. The number of methoxy groups -OCH3 is 1. The van der Waals surface area contributed by atoms with Crippen LogP contribution in [0, 0.1) is 0 Å². The molecule has 1 aliphatic heterocycles. The summed E-state index contributed by atoms with van der Waals surface area (Å²) >= 11 is 0. The Morgan fingerprint density at radius 2 is 1.31 bits per heavy atom. The lowest BCUT2D eigenvalue weighted by Crippen LogP contribution is -2.47. The molecule has 0 bridgehead atoms. The van der Waals surface area contributed by atoms with Crippen molar-refractivity contribution >= 4 is 26.1 Å². The van der Waals surface area contributed by atoms with Crippen molar-refractivity contribution in [2.45, 2.75) is 70.7 Å². The third kappa shape index (κ3) is 5.11. The first kappa shape index (κ1) is 26.8. The van der Waals surface area contributed by atoms with Crippen LogP contribution >= 0.6 is 0 Å². The molecule has 0 radical (unpaired) electrons. The summed E-state index contributed by atoms with van der Waals surface area (Å²) in [5, 5.41) is 0. The Hall–Kier alpha value is -2.77. The summed E-state index contributed by atoms with van der Waals surface area (Å²) in [4.78, 5) is 39.4. The predicted octanol–water partition coefficient (Wildman–Crippen LogP) is 5.93. The van der Waals surface area contributed by atoms with Crippen LogP contribution in [-0.4, -0.2) is 44.7 Å². The molecule has 2 aromatic rings. The molecule has 1 unspecified atom stereocenters. The number of fused-ring (bicyclic) bond motifs is 1. The molecule has 3 rings (SSSR count). The lowest BCUT2D eigenvalue weighted by molar-refractivity contribution is -0.142. The number of rotatable bonds is 10. The fourth-order valence-electron chi connectivity index (χ4n) is 5.60. The van der Waals surface area contributed by atoms with Crippen LogP contribution in [0.4, 0.5) is 0 Å². The van der Waals surface area contributed by atoms with E-state index in [9.17, 15) is 14.4 Å². The molecule has 0 N–H and O–H groups in total. The van der Waals surface area contributed by atoms with Crippen molar-refractivity contribution < 1.29 is 23.5 Å². The molecule has 6 nitrogen and oxygen atoms in total. The highest BCUT2D eigenvalue weighted by molar-refractivity contribution is 6.77. The van der Waals surface area contributed by atoms with Gasteiger partial charge < -0.3 is 9.16 Å². The Bertz CT molecular complexity index is 1020. The van der Waals surface area contributed by atoms with Gasteiger partial charge >= 0.3 is 5.97 Å². The van der Waals surface area contributed by atoms with Crippen molar-refractivity contribution in [2.24, 2.45) is 0 Å². The molecule has 0 spiro atoms. The highest BCUT2D eigenvalue weighted by Gasteiger charge is 2.45. The number of imide groups is 1. The predicted molar refractivity (Wildman–Crippen MR) is 139 cm³/mol. The van der Waals surface area contributed by atoms with Gasteiger partial charge in [-0.2, -0.15) is 0 Å². The zero-order valence-electron chi connectivity index (χ0n) is 21.8. The van der Waals surface area contributed by atoms with Crippen LogP contribution in [0.25, 0.3) is 0 Å². The lowest BCUT2D eigenvalue weighted by atomic mass is 9.97. The first-order chi connectivity index (χ1) is 16.5. The van der Waals surface area contributed by atoms with Gasteiger partial charge in [0, 0.05) is 6.54 Å². The average molecular weight is 496 g/mol. The van der Waals surface area contributed by atoms with Gasteiger partial charge in [0.05, 0.1) is 30.8 Å². The van der Waals surface area contributed by atoms with Crippen molar-refractivity contribution in [3.8, 4) is 0 Å². The highest BCUT2D eigenvalue weighted by atomic mass is 28.4. The second kappa shape index (κ2) is 10.9. The van der Waals surface area contributed by atoms with E-state index in [4.69, 9.17) is 9.16 Å². The summed E-state index contributed by atoms with van der Waals surface area (Å²) in [5.41, 5.74) is 3.91. The largest absolute Gasteiger partial charge is 0.468 e. The van der Waals surface area contributed by atoms with E-state index in [1.807, 2.05) is 24.3 Å². The lowest BCUT2D eigenvalue weighted by Gasteiger charge is -2.42. The van der Waals surface area contributed by atoms with Crippen LogP contribution in [0.2, 0.25) is 16.6 Å². The molecular formula is C28H37NO5Si. The monoisotopic (exact) mass is 495 g/mol. The first-order valence-corrected chi connectivity index (χ1v) is 14.4. The van der Waals surface area contributed by atoms with Crippen molar-refractivity contribution in [1.29, 1.82) is 0 Å². The Morgan fingerprint density at radius 1 is 0.829 bits per heavy atom. The average Bonchev–Trinajstić information content (AvgIpc) is 3.07. The van der Waals surface area contributed by atoms with Gasteiger partial charge in [0.2, 0.25) is 8.32 Å². The zero-order valence-corrected chi connectivity index (χ0v) is 22.8. The minimum Gasteiger partial charge on any atom is -0.468 e. The van der Waals surface area contributed by atoms with E-state index in [2.05, 4.69) is 41.5 Å². The van der Waals surface area contributed by atoms with E-state index in [0.717, 1.165) is 10.5 Å². The van der Waals surface area contributed by atoms with E-state index in [1.54, 1.807) is 24.3 Å². The van der Waals surface area contributed by atoms with Crippen LogP contribution in [0.15, 0.2) is 48.5 Å². The maximum Gasteiger partial charge on any atom is 0.314 e. The number of benzene rings is 2. The molecule has 0 aromatic heterocycles. The molecule has 0 saturated carbocycles. The number of amides is 2. The van der Waals surface area contributed by atoms with E-state index < -0.39 is 20.2 Å². The van der Waals surface area contributed by atoms with E-state index in [0.29, 0.717) is 39.9 Å². The van der Waals surface area contributed by atoms with Gasteiger partial charge in [-0.15, -0.1) is 0 Å². The molecule has 7 heteroatoms. The minimum absolute atomic E-state index is 0.0705. The summed E-state index contributed by atoms with van der Waals surface area (Å²) in [7, 11) is -0.683. The molecule has 0 fully saturated rings. The van der Waals surface area contributed by atoms with Crippen LogP contribution in [0.3, 0.4) is 0 Å². The summed E-state index contributed by atoms with van der Waals surface area (Å²) in [6.45, 7) is 14.0. The highest BCUT2D eigenvalue weighted by Crippen LogP contribution is 2.42. The first-order valence-electron chi connectivity index (χ1n) is 12.3. The van der Waals surface area contributed by atoms with Crippen molar-refractivity contribution in [3.05, 3.63) is 70.8 Å². The van der Waals surface area contributed by atoms with Gasteiger partial charge in [0.25, 0.3) is 11.8 Å². The number of carbonyl (C=O) groups is 3. The zero-order chi connectivity index (χ0) is 25.9. The van der Waals surface area contributed by atoms with E-state index >= 15 is 0 Å². The molecule has 35 heavy (non-hydrogen) atoms.